The highest BCUT2D eigenvalue weighted by molar-refractivity contribution is 7.76. The van der Waals surface area contributed by atoms with Gasteiger partial charge in [0.1, 0.15) is 0 Å². The molecule has 0 aromatic heterocycles. The van der Waals surface area contributed by atoms with Crippen molar-refractivity contribution in [1.82, 2.24) is 4.31 Å². The van der Waals surface area contributed by atoms with E-state index in [0.29, 0.717) is 13.1 Å². The summed E-state index contributed by atoms with van der Waals surface area (Å²) >= 11 is -1.81. The number of hydrogen-bond acceptors (Lipinski definition) is 2. The highest BCUT2D eigenvalue weighted by Gasteiger charge is 2.22. The fourth-order valence-corrected chi connectivity index (χ4v) is 1.48. The molecule has 0 aromatic rings. The molecule has 1 aliphatic heterocycles. The third kappa shape index (κ3) is 1.72. The molecule has 1 saturated heterocycles. The third-order valence-electron chi connectivity index (χ3n) is 1.41. The Morgan fingerprint density at radius 3 is 2.67 bits per heavy atom. The van der Waals surface area contributed by atoms with Crippen LogP contribution in [0.15, 0.2) is 0 Å². The molecule has 0 bridgehead atoms. The SMILES string of the molecule is NC1CCN(S(=O)O)C1. The summed E-state index contributed by atoms with van der Waals surface area (Å²) in [7, 11) is 0. The number of nitrogens with zero attached hydrogens (tertiary/aromatic N) is 1. The summed E-state index contributed by atoms with van der Waals surface area (Å²) in [5, 5.41) is 0. The Morgan fingerprint density at radius 1 is 1.78 bits per heavy atom. The Kier molecular flexibility index (Phi) is 2.18. The zero-order valence-corrected chi connectivity index (χ0v) is 5.80. The second kappa shape index (κ2) is 2.74. The van der Waals surface area contributed by atoms with E-state index in [4.69, 9.17) is 10.3 Å². The molecular weight excluding hydrogens is 140 g/mol. The second-order valence-corrected chi connectivity index (χ2v) is 3.15. The smallest absolute Gasteiger partial charge is 0.234 e. The molecule has 4 nitrogen and oxygen atoms in total. The summed E-state index contributed by atoms with van der Waals surface area (Å²) in [6.45, 7) is 1.19. The predicted octanol–water partition coefficient (Wildman–Crippen LogP) is -0.844. The van der Waals surface area contributed by atoms with Gasteiger partial charge in [-0.3, -0.25) is 4.55 Å². The average Bonchev–Trinajstić information content (AvgIpc) is 2.14. The monoisotopic (exact) mass is 150 g/mol. The van der Waals surface area contributed by atoms with Gasteiger partial charge in [0, 0.05) is 19.1 Å². The molecule has 1 aliphatic rings. The Hall–Kier alpha value is 0.0300. The highest BCUT2D eigenvalue weighted by atomic mass is 32.2. The predicted molar refractivity (Wildman–Crippen MR) is 34.9 cm³/mol. The fraction of sp³-hybridized carbons (Fsp3) is 1.00. The van der Waals surface area contributed by atoms with E-state index in [2.05, 4.69) is 0 Å². The quantitative estimate of drug-likeness (QED) is 0.479. The largest absolute Gasteiger partial charge is 0.326 e. The van der Waals surface area contributed by atoms with Crippen molar-refractivity contribution in [3.8, 4) is 0 Å². The molecule has 9 heavy (non-hydrogen) atoms. The highest BCUT2D eigenvalue weighted by Crippen LogP contribution is 2.07. The van der Waals surface area contributed by atoms with Crippen molar-refractivity contribution in [2.75, 3.05) is 13.1 Å². The van der Waals surface area contributed by atoms with Crippen LogP contribution in [0.25, 0.3) is 0 Å². The first kappa shape index (κ1) is 7.14. The molecule has 0 amide bonds. The van der Waals surface area contributed by atoms with Crippen LogP contribution in [-0.2, 0) is 11.3 Å². The Balaban J connectivity index is 2.39. The van der Waals surface area contributed by atoms with Crippen LogP contribution in [-0.4, -0.2) is 32.2 Å². The molecule has 0 spiro atoms. The zero-order valence-electron chi connectivity index (χ0n) is 4.99. The van der Waals surface area contributed by atoms with Crippen molar-refractivity contribution >= 4 is 11.3 Å². The Labute approximate surface area is 56.4 Å². The van der Waals surface area contributed by atoms with Gasteiger partial charge in [-0.15, -0.1) is 0 Å². The van der Waals surface area contributed by atoms with Crippen molar-refractivity contribution < 1.29 is 8.76 Å². The molecule has 2 atom stereocenters. The average molecular weight is 150 g/mol. The van der Waals surface area contributed by atoms with Crippen LogP contribution in [0.4, 0.5) is 0 Å². The van der Waals surface area contributed by atoms with Crippen LogP contribution < -0.4 is 5.73 Å². The zero-order chi connectivity index (χ0) is 6.85. The lowest BCUT2D eigenvalue weighted by Crippen LogP contribution is -2.27. The number of rotatable bonds is 1. The maximum atomic E-state index is 10.3. The molecule has 2 unspecified atom stereocenters. The lowest BCUT2D eigenvalue weighted by atomic mass is 10.3. The number of nitrogens with two attached hydrogens (primary N) is 1. The Morgan fingerprint density at radius 2 is 2.44 bits per heavy atom. The fourth-order valence-electron chi connectivity index (χ4n) is 0.896. The van der Waals surface area contributed by atoms with E-state index in [9.17, 15) is 4.21 Å². The molecule has 0 saturated carbocycles. The van der Waals surface area contributed by atoms with Gasteiger partial charge in [-0.2, -0.15) is 4.31 Å². The maximum absolute atomic E-state index is 10.3. The van der Waals surface area contributed by atoms with Crippen LogP contribution in [0.2, 0.25) is 0 Å². The van der Waals surface area contributed by atoms with Crippen LogP contribution in [0, 0.1) is 0 Å². The Bertz CT molecular complexity index is 130. The molecule has 1 fully saturated rings. The molecule has 0 aromatic carbocycles. The topological polar surface area (TPSA) is 66.6 Å². The summed E-state index contributed by atoms with van der Waals surface area (Å²) in [5.74, 6) is 0. The standard InChI is InChI=1S/C4H10N2O2S/c5-4-1-2-6(3-4)9(7)8/h4H,1-3,5H2,(H,7,8). The molecule has 1 rings (SSSR count). The van der Waals surface area contributed by atoms with E-state index >= 15 is 0 Å². The van der Waals surface area contributed by atoms with Gasteiger partial charge in [0.15, 0.2) is 0 Å². The first-order valence-corrected chi connectivity index (χ1v) is 3.88. The van der Waals surface area contributed by atoms with Gasteiger partial charge in [0.2, 0.25) is 11.3 Å². The van der Waals surface area contributed by atoms with Gasteiger partial charge in [-0.05, 0) is 6.42 Å². The van der Waals surface area contributed by atoms with E-state index in [1.807, 2.05) is 0 Å². The van der Waals surface area contributed by atoms with E-state index < -0.39 is 11.3 Å². The van der Waals surface area contributed by atoms with Crippen molar-refractivity contribution in [1.29, 1.82) is 0 Å². The number of hydrogen-bond donors (Lipinski definition) is 2. The van der Waals surface area contributed by atoms with E-state index in [-0.39, 0.29) is 6.04 Å². The van der Waals surface area contributed by atoms with Crippen molar-refractivity contribution in [3.05, 3.63) is 0 Å². The summed E-state index contributed by atoms with van der Waals surface area (Å²) in [5.41, 5.74) is 5.48. The molecule has 1 heterocycles. The molecular formula is C4H10N2O2S. The van der Waals surface area contributed by atoms with Crippen molar-refractivity contribution in [2.45, 2.75) is 12.5 Å². The third-order valence-corrected chi connectivity index (χ3v) is 2.18. The second-order valence-electron chi connectivity index (χ2n) is 2.17. The first-order chi connectivity index (χ1) is 4.20. The van der Waals surface area contributed by atoms with Crippen molar-refractivity contribution in [3.63, 3.8) is 0 Å². The van der Waals surface area contributed by atoms with Crippen LogP contribution >= 0.6 is 0 Å². The van der Waals surface area contributed by atoms with Gasteiger partial charge in [-0.1, -0.05) is 0 Å². The minimum absolute atomic E-state index is 0.0844. The van der Waals surface area contributed by atoms with Crippen LogP contribution in [0.1, 0.15) is 6.42 Å². The molecule has 54 valence electrons. The molecule has 0 radical (unpaired) electrons. The van der Waals surface area contributed by atoms with Crippen LogP contribution in [0.5, 0.6) is 0 Å². The van der Waals surface area contributed by atoms with Gasteiger partial charge >= 0.3 is 0 Å². The van der Waals surface area contributed by atoms with Gasteiger partial charge in [0.05, 0.1) is 0 Å². The molecule has 0 aliphatic carbocycles. The van der Waals surface area contributed by atoms with Crippen molar-refractivity contribution in [2.24, 2.45) is 5.73 Å². The molecule has 5 heteroatoms. The summed E-state index contributed by atoms with van der Waals surface area (Å²) in [4.78, 5) is 0. The van der Waals surface area contributed by atoms with Crippen LogP contribution in [0.3, 0.4) is 0 Å². The summed E-state index contributed by atoms with van der Waals surface area (Å²) in [6.07, 6.45) is 0.826. The normalized spacial score (nSPS) is 32.9. The lowest BCUT2D eigenvalue weighted by Gasteiger charge is -2.06. The molecule has 3 N–H and O–H groups in total. The first-order valence-electron chi connectivity index (χ1n) is 2.81. The maximum Gasteiger partial charge on any atom is 0.234 e. The van der Waals surface area contributed by atoms with E-state index in [0.717, 1.165) is 6.42 Å². The minimum atomic E-state index is -1.81. The lowest BCUT2D eigenvalue weighted by molar-refractivity contribution is 0.450. The van der Waals surface area contributed by atoms with Gasteiger partial charge < -0.3 is 5.73 Å². The van der Waals surface area contributed by atoms with E-state index in [1.54, 1.807) is 0 Å². The summed E-state index contributed by atoms with van der Waals surface area (Å²) < 4.78 is 20.3. The van der Waals surface area contributed by atoms with E-state index in [1.165, 1.54) is 4.31 Å². The van der Waals surface area contributed by atoms with Gasteiger partial charge in [0.25, 0.3) is 0 Å². The van der Waals surface area contributed by atoms with Gasteiger partial charge in [-0.25, -0.2) is 4.21 Å². The summed E-state index contributed by atoms with van der Waals surface area (Å²) in [6, 6.07) is 0.0844. The minimum Gasteiger partial charge on any atom is -0.326 e.